The molecule has 0 aliphatic rings. The van der Waals surface area contributed by atoms with E-state index < -0.39 is 20.0 Å². The van der Waals surface area contributed by atoms with E-state index in [1.807, 2.05) is 27.2 Å². The van der Waals surface area contributed by atoms with Gasteiger partial charge in [-0.05, 0) is 63.9 Å². The number of amides is 1. The molecule has 0 bridgehead atoms. The molecule has 2 N–H and O–H groups in total. The molecule has 0 saturated carbocycles. The Hall–Kier alpha value is -1.77. The molecule has 0 heterocycles. The smallest absolute Gasteiger partial charge is 0.456 e. The maximum absolute atomic E-state index is 13.6. The lowest BCUT2D eigenvalue weighted by molar-refractivity contribution is -0.870. The maximum atomic E-state index is 13.6. The molecule has 81 heavy (non-hydrogen) atoms. The molecule has 3 atom stereocenters. The van der Waals surface area contributed by atoms with Gasteiger partial charge in [0.2, 0.25) is 5.91 Å². The van der Waals surface area contributed by atoms with Crippen molar-refractivity contribution in [1.82, 2.24) is 5.32 Å². The molecule has 1 amide bonds. The van der Waals surface area contributed by atoms with Gasteiger partial charge >= 0.3 is 13.8 Å². The van der Waals surface area contributed by atoms with Crippen molar-refractivity contribution in [1.29, 1.82) is 0 Å². The number of nitrogens with one attached hydrogen (secondary N) is 1. The van der Waals surface area contributed by atoms with Gasteiger partial charge in [0, 0.05) is 12.8 Å². The minimum absolute atomic E-state index is 0.0434. The predicted octanol–water partition coefficient (Wildman–Crippen LogP) is 22.2. The van der Waals surface area contributed by atoms with E-state index in [4.69, 9.17) is 13.8 Å². The number of nitrogens with zero attached hydrogens (tertiary/aromatic N) is 1. The first-order chi connectivity index (χ1) is 39.4. The zero-order chi connectivity index (χ0) is 59.3. The average Bonchev–Trinajstić information content (AvgIpc) is 3.44. The van der Waals surface area contributed by atoms with Crippen LogP contribution < -0.4 is 5.32 Å². The first kappa shape index (κ1) is 79.2. The lowest BCUT2D eigenvalue weighted by atomic mass is 10.0. The number of rotatable bonds is 65. The first-order valence-corrected chi connectivity index (χ1v) is 36.8. The molecular formula is C71H138N2O7P+. The summed E-state index contributed by atoms with van der Waals surface area (Å²) in [5.41, 5.74) is 0. The van der Waals surface area contributed by atoms with Gasteiger partial charge in [0.05, 0.1) is 33.8 Å². The predicted molar refractivity (Wildman–Crippen MR) is 351 cm³/mol. The molecule has 0 radical (unpaired) electrons. The summed E-state index contributed by atoms with van der Waals surface area (Å²) in [6.45, 7) is 7.05. The molecule has 0 saturated heterocycles. The summed E-state index contributed by atoms with van der Waals surface area (Å²) >= 11 is 0. The molecule has 0 aliphatic carbocycles. The first-order valence-electron chi connectivity index (χ1n) is 35.3. The zero-order valence-electron chi connectivity index (χ0n) is 54.8. The van der Waals surface area contributed by atoms with Crippen LogP contribution in [-0.2, 0) is 27.9 Å². The fourth-order valence-electron chi connectivity index (χ4n) is 10.6. The van der Waals surface area contributed by atoms with Gasteiger partial charge in [0.25, 0.3) is 0 Å². The molecule has 10 heteroatoms. The van der Waals surface area contributed by atoms with Crippen LogP contribution >= 0.6 is 7.82 Å². The standard InChI is InChI=1S/C71H137N2O7P/c1-7-10-13-16-19-22-25-28-30-32-34-35-36-37-39-41-43-46-49-52-55-58-61-64-71(75)80-69(62-59-56-53-50-47-44-27-24-21-18-15-12-9-3)68(67-79-81(76,77)78-66-65-73(4,5)6)72-70(74)63-60-57-54-51-48-45-42-40-38-33-31-29-26-23-20-17-14-11-8-2/h19,22,28,30,59,62,68-69H,7-18,20-21,23-27,29,31-58,60-61,63-67H2,1-6H3,(H-,72,74,76,77)/p+1/b22-19-,30-28-,62-59+. The van der Waals surface area contributed by atoms with Crippen LogP contribution in [0.15, 0.2) is 36.5 Å². The Labute approximate surface area is 504 Å². The summed E-state index contributed by atoms with van der Waals surface area (Å²) < 4.78 is 30.8. The largest absolute Gasteiger partial charge is 0.472 e. The minimum atomic E-state index is -4.45. The van der Waals surface area contributed by atoms with Crippen molar-refractivity contribution < 1.29 is 37.3 Å². The van der Waals surface area contributed by atoms with Gasteiger partial charge in [-0.1, -0.05) is 314 Å². The molecule has 0 aromatic heterocycles. The van der Waals surface area contributed by atoms with E-state index in [-0.39, 0.29) is 25.1 Å². The summed E-state index contributed by atoms with van der Waals surface area (Å²) in [4.78, 5) is 37.9. The number of ether oxygens (including phenoxy) is 1. The van der Waals surface area contributed by atoms with E-state index >= 15 is 0 Å². The fourth-order valence-corrected chi connectivity index (χ4v) is 11.4. The Morgan fingerprint density at radius 1 is 0.432 bits per heavy atom. The number of quaternary nitrogens is 1. The number of hydrogen-bond donors (Lipinski definition) is 2. The SMILES string of the molecule is CCCCC/C=C\C/C=C\CCCCCCCCCCCCCCCC(=O)OC(/C=C/CCCCCCCCCCCCC)C(COP(=O)(O)OCC[N+](C)(C)C)NC(=O)CCCCCCCCCCCCCCCCCCCCC. The molecule has 9 nitrogen and oxygen atoms in total. The van der Waals surface area contributed by atoms with Crippen molar-refractivity contribution in [3.63, 3.8) is 0 Å². The highest BCUT2D eigenvalue weighted by Crippen LogP contribution is 2.43. The van der Waals surface area contributed by atoms with E-state index in [1.165, 1.54) is 257 Å². The molecule has 0 aromatic rings. The normalized spacial score (nSPS) is 13.7. The number of esters is 1. The summed E-state index contributed by atoms with van der Waals surface area (Å²) in [6.07, 6.45) is 75.8. The summed E-state index contributed by atoms with van der Waals surface area (Å²) in [5.74, 6) is -0.485. The molecule has 0 aromatic carbocycles. The van der Waals surface area contributed by atoms with E-state index in [0.29, 0.717) is 23.9 Å². The highest BCUT2D eigenvalue weighted by molar-refractivity contribution is 7.47. The Balaban J connectivity index is 5.10. The van der Waals surface area contributed by atoms with Crippen LogP contribution in [0, 0.1) is 0 Å². The Morgan fingerprint density at radius 3 is 1.14 bits per heavy atom. The van der Waals surface area contributed by atoms with Crippen LogP contribution in [-0.4, -0.2) is 74.3 Å². The second-order valence-corrected chi connectivity index (χ2v) is 26.9. The number of carbonyl (C=O) groups is 2. The Kier molecular flexibility index (Phi) is 60.0. The highest BCUT2D eigenvalue weighted by Gasteiger charge is 2.30. The number of phosphoric acid groups is 1. The van der Waals surface area contributed by atoms with Crippen LogP contribution in [0.1, 0.15) is 355 Å². The minimum Gasteiger partial charge on any atom is -0.456 e. The van der Waals surface area contributed by atoms with Gasteiger partial charge in [-0.25, -0.2) is 4.57 Å². The molecule has 0 spiro atoms. The van der Waals surface area contributed by atoms with Crippen LogP contribution in [0.5, 0.6) is 0 Å². The van der Waals surface area contributed by atoms with Crippen LogP contribution in [0.4, 0.5) is 0 Å². The second-order valence-electron chi connectivity index (χ2n) is 25.4. The van der Waals surface area contributed by atoms with Crippen LogP contribution in [0.25, 0.3) is 0 Å². The lowest BCUT2D eigenvalue weighted by Gasteiger charge is -2.27. The van der Waals surface area contributed by atoms with Crippen LogP contribution in [0.3, 0.4) is 0 Å². The summed E-state index contributed by atoms with van der Waals surface area (Å²) in [7, 11) is 1.51. The van der Waals surface area contributed by atoms with Crippen molar-refractivity contribution >= 4 is 19.7 Å². The Morgan fingerprint density at radius 2 is 0.753 bits per heavy atom. The number of carbonyl (C=O) groups excluding carboxylic acids is 2. The molecule has 0 aliphatic heterocycles. The van der Waals surface area contributed by atoms with E-state index in [9.17, 15) is 19.0 Å². The van der Waals surface area contributed by atoms with Crippen molar-refractivity contribution in [3.8, 4) is 0 Å². The van der Waals surface area contributed by atoms with Gasteiger partial charge in [0.1, 0.15) is 19.3 Å². The number of hydrogen-bond acceptors (Lipinski definition) is 6. The number of likely N-dealkylation sites (N-methyl/N-ethyl adjacent to an activating group) is 1. The molecule has 0 rings (SSSR count). The van der Waals surface area contributed by atoms with Crippen molar-refractivity contribution in [2.75, 3.05) is 40.9 Å². The molecule has 0 fully saturated rings. The van der Waals surface area contributed by atoms with Crippen LogP contribution in [0.2, 0.25) is 0 Å². The topological polar surface area (TPSA) is 111 Å². The van der Waals surface area contributed by atoms with Crippen molar-refractivity contribution in [3.05, 3.63) is 36.5 Å². The summed E-state index contributed by atoms with van der Waals surface area (Å²) in [6, 6.07) is -0.845. The van der Waals surface area contributed by atoms with E-state index in [0.717, 1.165) is 64.2 Å². The third kappa shape index (κ3) is 62.6. The van der Waals surface area contributed by atoms with E-state index in [2.05, 4.69) is 56.5 Å². The zero-order valence-corrected chi connectivity index (χ0v) is 55.7. The highest BCUT2D eigenvalue weighted by atomic mass is 31.2. The van der Waals surface area contributed by atoms with E-state index in [1.54, 1.807) is 0 Å². The lowest BCUT2D eigenvalue weighted by Crippen LogP contribution is -2.47. The maximum Gasteiger partial charge on any atom is 0.472 e. The number of allylic oxidation sites excluding steroid dienone is 5. The number of phosphoric ester groups is 1. The van der Waals surface area contributed by atoms with Crippen molar-refractivity contribution in [2.24, 2.45) is 0 Å². The quantitative estimate of drug-likeness (QED) is 0.0205. The average molecular weight is 1160 g/mol. The summed E-state index contributed by atoms with van der Waals surface area (Å²) in [5, 5.41) is 3.08. The molecule has 478 valence electrons. The monoisotopic (exact) mass is 1160 g/mol. The second kappa shape index (κ2) is 61.3. The Bertz CT molecular complexity index is 1480. The third-order valence-electron chi connectivity index (χ3n) is 16.1. The van der Waals surface area contributed by atoms with Gasteiger partial charge in [-0.2, -0.15) is 0 Å². The van der Waals surface area contributed by atoms with Gasteiger partial charge < -0.3 is 19.4 Å². The molecule has 3 unspecified atom stereocenters. The third-order valence-corrected chi connectivity index (χ3v) is 17.1. The van der Waals surface area contributed by atoms with Gasteiger partial charge in [0.15, 0.2) is 0 Å². The van der Waals surface area contributed by atoms with Gasteiger partial charge in [-0.3, -0.25) is 18.6 Å². The number of unbranched alkanes of at least 4 members (excludes halogenated alkanes) is 45. The van der Waals surface area contributed by atoms with Gasteiger partial charge in [-0.15, -0.1) is 0 Å². The molecular weight excluding hydrogens is 1020 g/mol. The van der Waals surface area contributed by atoms with Crippen molar-refractivity contribution in [2.45, 2.75) is 367 Å². The fraction of sp³-hybridized carbons (Fsp3) is 0.887.